The van der Waals surface area contributed by atoms with Crippen LogP contribution in [0.15, 0.2) is 40.9 Å². The van der Waals surface area contributed by atoms with Crippen molar-refractivity contribution in [2.24, 2.45) is 0 Å². The van der Waals surface area contributed by atoms with Crippen LogP contribution < -0.4 is 9.47 Å². The van der Waals surface area contributed by atoms with Gasteiger partial charge in [-0.25, -0.2) is 0 Å². The molecular weight excluding hydrogens is 332 g/mol. The molecule has 1 atom stereocenters. The second kappa shape index (κ2) is 6.08. The highest BCUT2D eigenvalue weighted by atomic mass is 79.9. The van der Waals surface area contributed by atoms with Gasteiger partial charge in [0.15, 0.2) is 0 Å². The van der Waals surface area contributed by atoms with Crippen LogP contribution in [0.5, 0.6) is 11.5 Å². The summed E-state index contributed by atoms with van der Waals surface area (Å²) in [4.78, 5) is 0. The van der Waals surface area contributed by atoms with E-state index in [2.05, 4.69) is 15.9 Å². The summed E-state index contributed by atoms with van der Waals surface area (Å²) in [6, 6.07) is 11.7. The topological polar surface area (TPSA) is 38.7 Å². The van der Waals surface area contributed by atoms with E-state index in [0.717, 1.165) is 39.9 Å². The summed E-state index contributed by atoms with van der Waals surface area (Å²) in [7, 11) is 1.65. The average molecular weight is 349 g/mol. The highest BCUT2D eigenvalue weighted by Crippen LogP contribution is 2.33. The molecule has 0 heterocycles. The fourth-order valence-electron chi connectivity index (χ4n) is 2.61. The van der Waals surface area contributed by atoms with Crippen molar-refractivity contribution in [2.75, 3.05) is 7.11 Å². The van der Waals surface area contributed by atoms with Crippen molar-refractivity contribution < 1.29 is 14.6 Å². The zero-order chi connectivity index (χ0) is 14.8. The van der Waals surface area contributed by atoms with Gasteiger partial charge in [-0.15, -0.1) is 0 Å². The monoisotopic (exact) mass is 348 g/mol. The fraction of sp³-hybridized carbons (Fsp3) is 0.294. The van der Waals surface area contributed by atoms with Crippen LogP contribution in [0.1, 0.15) is 29.2 Å². The van der Waals surface area contributed by atoms with Crippen LogP contribution in [0, 0.1) is 0 Å². The molecule has 0 saturated carbocycles. The van der Waals surface area contributed by atoms with E-state index in [9.17, 15) is 5.11 Å². The van der Waals surface area contributed by atoms with E-state index in [1.165, 1.54) is 5.56 Å². The number of hydrogen-bond donors (Lipinski definition) is 1. The van der Waals surface area contributed by atoms with Crippen molar-refractivity contribution in [1.82, 2.24) is 0 Å². The van der Waals surface area contributed by atoms with Crippen LogP contribution in [-0.2, 0) is 13.0 Å². The second-order valence-corrected chi connectivity index (χ2v) is 6.02. The molecule has 2 aromatic carbocycles. The Balaban J connectivity index is 1.73. The van der Waals surface area contributed by atoms with Crippen LogP contribution >= 0.6 is 15.9 Å². The summed E-state index contributed by atoms with van der Waals surface area (Å²) in [5, 5.41) is 9.81. The Labute approximate surface area is 132 Å². The maximum atomic E-state index is 9.81. The number of methoxy groups -OCH3 is 1. The molecule has 0 spiro atoms. The van der Waals surface area contributed by atoms with Crippen LogP contribution in [-0.4, -0.2) is 12.2 Å². The SMILES string of the molecule is COc1ccc(Br)c(COc2ccc3c(c2)CCC3O)c1. The second-order valence-electron chi connectivity index (χ2n) is 5.16. The van der Waals surface area contributed by atoms with Crippen molar-refractivity contribution in [2.45, 2.75) is 25.6 Å². The summed E-state index contributed by atoms with van der Waals surface area (Å²) >= 11 is 3.52. The zero-order valence-electron chi connectivity index (χ0n) is 11.8. The Kier molecular flexibility index (Phi) is 4.17. The van der Waals surface area contributed by atoms with Gasteiger partial charge in [-0.1, -0.05) is 22.0 Å². The summed E-state index contributed by atoms with van der Waals surface area (Å²) in [5.74, 6) is 1.64. The third kappa shape index (κ3) is 3.06. The molecule has 21 heavy (non-hydrogen) atoms. The Morgan fingerprint density at radius 3 is 2.81 bits per heavy atom. The number of aliphatic hydroxyl groups is 1. The lowest BCUT2D eigenvalue weighted by Crippen LogP contribution is -1.98. The van der Waals surface area contributed by atoms with E-state index in [-0.39, 0.29) is 6.10 Å². The van der Waals surface area contributed by atoms with Crippen LogP contribution in [0.4, 0.5) is 0 Å². The number of ether oxygens (including phenoxy) is 2. The van der Waals surface area contributed by atoms with Crippen molar-refractivity contribution in [3.8, 4) is 11.5 Å². The highest BCUT2D eigenvalue weighted by Gasteiger charge is 2.20. The van der Waals surface area contributed by atoms with Gasteiger partial charge in [-0.05, 0) is 54.3 Å². The van der Waals surface area contributed by atoms with Crippen molar-refractivity contribution in [1.29, 1.82) is 0 Å². The molecule has 1 aliphatic carbocycles. The molecule has 4 heteroatoms. The lowest BCUT2D eigenvalue weighted by Gasteiger charge is -2.11. The van der Waals surface area contributed by atoms with E-state index in [0.29, 0.717) is 6.61 Å². The number of aryl methyl sites for hydroxylation is 1. The first-order chi connectivity index (χ1) is 10.2. The minimum atomic E-state index is -0.318. The molecule has 0 amide bonds. The number of benzene rings is 2. The molecule has 0 fully saturated rings. The maximum absolute atomic E-state index is 9.81. The van der Waals surface area contributed by atoms with Crippen molar-refractivity contribution >= 4 is 15.9 Å². The van der Waals surface area contributed by atoms with E-state index in [4.69, 9.17) is 9.47 Å². The standard InChI is InChI=1S/C17H17BrO3/c1-20-13-4-6-16(18)12(9-13)10-21-14-3-5-15-11(8-14)2-7-17(15)19/h3-6,8-9,17,19H,2,7,10H2,1H3. The molecule has 1 aliphatic rings. The van der Waals surface area contributed by atoms with E-state index >= 15 is 0 Å². The van der Waals surface area contributed by atoms with E-state index < -0.39 is 0 Å². The molecule has 110 valence electrons. The fourth-order valence-corrected chi connectivity index (χ4v) is 2.97. The predicted octanol–water partition coefficient (Wildman–Crippen LogP) is 4.02. The van der Waals surface area contributed by atoms with Crippen molar-refractivity contribution in [3.63, 3.8) is 0 Å². The molecule has 0 bridgehead atoms. The molecule has 0 saturated heterocycles. The minimum absolute atomic E-state index is 0.318. The Bertz CT molecular complexity index is 654. The summed E-state index contributed by atoms with van der Waals surface area (Å²) < 4.78 is 12.1. The molecule has 1 unspecified atom stereocenters. The molecular formula is C17H17BrO3. The Morgan fingerprint density at radius 2 is 2.00 bits per heavy atom. The van der Waals surface area contributed by atoms with Gasteiger partial charge < -0.3 is 14.6 Å². The first-order valence-electron chi connectivity index (χ1n) is 6.93. The first-order valence-corrected chi connectivity index (χ1v) is 7.73. The average Bonchev–Trinajstić information content (AvgIpc) is 2.87. The van der Waals surface area contributed by atoms with Gasteiger partial charge in [0.2, 0.25) is 0 Å². The summed E-state index contributed by atoms with van der Waals surface area (Å²) in [6.45, 7) is 0.471. The maximum Gasteiger partial charge on any atom is 0.120 e. The molecule has 1 N–H and O–H groups in total. The first kappa shape index (κ1) is 14.4. The third-order valence-electron chi connectivity index (χ3n) is 3.81. The van der Waals surface area contributed by atoms with Crippen molar-refractivity contribution in [3.05, 3.63) is 57.6 Å². The summed E-state index contributed by atoms with van der Waals surface area (Å²) in [5.41, 5.74) is 3.25. The highest BCUT2D eigenvalue weighted by molar-refractivity contribution is 9.10. The summed E-state index contributed by atoms with van der Waals surface area (Å²) in [6.07, 6.45) is 1.40. The van der Waals surface area contributed by atoms with Gasteiger partial charge in [0.1, 0.15) is 18.1 Å². The zero-order valence-corrected chi connectivity index (χ0v) is 13.4. The molecule has 0 aromatic heterocycles. The van der Waals surface area contributed by atoms with Crippen LogP contribution in [0.2, 0.25) is 0 Å². The minimum Gasteiger partial charge on any atom is -0.497 e. The van der Waals surface area contributed by atoms with Gasteiger partial charge in [0, 0.05) is 10.0 Å². The lowest BCUT2D eigenvalue weighted by atomic mass is 10.1. The largest absolute Gasteiger partial charge is 0.497 e. The smallest absolute Gasteiger partial charge is 0.120 e. The number of rotatable bonds is 4. The van der Waals surface area contributed by atoms with Gasteiger partial charge in [-0.2, -0.15) is 0 Å². The Hall–Kier alpha value is -1.52. The van der Waals surface area contributed by atoms with E-state index in [1.807, 2.05) is 36.4 Å². The number of fused-ring (bicyclic) bond motifs is 1. The van der Waals surface area contributed by atoms with Crippen LogP contribution in [0.25, 0.3) is 0 Å². The number of halogens is 1. The third-order valence-corrected chi connectivity index (χ3v) is 4.58. The quantitative estimate of drug-likeness (QED) is 0.906. The molecule has 0 aliphatic heterocycles. The van der Waals surface area contributed by atoms with Gasteiger partial charge in [-0.3, -0.25) is 0 Å². The molecule has 2 aromatic rings. The Morgan fingerprint density at radius 1 is 1.19 bits per heavy atom. The lowest BCUT2D eigenvalue weighted by molar-refractivity contribution is 0.180. The van der Waals surface area contributed by atoms with Gasteiger partial charge >= 0.3 is 0 Å². The number of aliphatic hydroxyl groups excluding tert-OH is 1. The molecule has 3 rings (SSSR count). The van der Waals surface area contributed by atoms with Crippen LogP contribution in [0.3, 0.4) is 0 Å². The normalized spacial score (nSPS) is 16.6. The molecule has 3 nitrogen and oxygen atoms in total. The van der Waals surface area contributed by atoms with E-state index in [1.54, 1.807) is 7.11 Å². The number of hydrogen-bond acceptors (Lipinski definition) is 3. The van der Waals surface area contributed by atoms with Gasteiger partial charge in [0.05, 0.1) is 13.2 Å². The molecule has 0 radical (unpaired) electrons. The predicted molar refractivity (Wildman–Crippen MR) is 84.7 cm³/mol. The van der Waals surface area contributed by atoms with Gasteiger partial charge in [0.25, 0.3) is 0 Å².